The number of aryl methyl sites for hydroxylation is 1. The van der Waals surface area contributed by atoms with Crippen LogP contribution in [0.1, 0.15) is 62.6 Å². The van der Waals surface area contributed by atoms with E-state index < -0.39 is 5.60 Å². The molecule has 1 N–H and O–H groups in total. The van der Waals surface area contributed by atoms with Crippen molar-refractivity contribution in [1.82, 2.24) is 19.7 Å². The van der Waals surface area contributed by atoms with Crippen LogP contribution in [0.5, 0.6) is 5.75 Å². The van der Waals surface area contributed by atoms with Crippen molar-refractivity contribution in [3.05, 3.63) is 47.2 Å². The Morgan fingerprint density at radius 2 is 1.85 bits per heavy atom. The standard InChI is InChI=1S/C18H20N2O2.C14H27N3O2/c1-12-3-2-4-16-17(12)22-11-15-14(5-8-19-18(15)20-16)13-6-9-21-10-7-13;1-14(2,3)19-13(18)17-10-12(11-17)16-7-5-6-15(4)8-9-16/h2-5,8,13H,6-7,9-11H2,1H3,(H,19,20);12H,5-11H2,1-4H3. The molecule has 0 bridgehead atoms. The Morgan fingerprint density at radius 3 is 2.61 bits per heavy atom. The lowest BCUT2D eigenvalue weighted by atomic mass is 9.89. The molecule has 3 fully saturated rings. The summed E-state index contributed by atoms with van der Waals surface area (Å²) in [5.74, 6) is 2.39. The largest absolute Gasteiger partial charge is 0.486 e. The first-order valence-corrected chi connectivity index (χ1v) is 15.1. The lowest BCUT2D eigenvalue weighted by Gasteiger charge is -2.45. The van der Waals surface area contributed by atoms with Gasteiger partial charge < -0.3 is 29.3 Å². The summed E-state index contributed by atoms with van der Waals surface area (Å²) >= 11 is 0. The number of likely N-dealkylation sites (tertiary alicyclic amines) is 1. The second-order valence-electron chi connectivity index (χ2n) is 12.7. The number of likely N-dealkylation sites (N-methyl/N-ethyl adjacent to an activating group) is 1. The Bertz CT molecular complexity index is 1190. The van der Waals surface area contributed by atoms with Crippen LogP contribution in [0.25, 0.3) is 0 Å². The van der Waals surface area contributed by atoms with Gasteiger partial charge in [0.2, 0.25) is 0 Å². The predicted molar refractivity (Wildman–Crippen MR) is 161 cm³/mol. The van der Waals surface area contributed by atoms with Gasteiger partial charge in [-0.15, -0.1) is 0 Å². The Balaban J connectivity index is 0.000000167. The first kappa shape index (κ1) is 29.6. The molecule has 3 saturated heterocycles. The molecule has 0 unspecified atom stereocenters. The van der Waals surface area contributed by atoms with Crippen molar-refractivity contribution in [3.63, 3.8) is 0 Å². The van der Waals surface area contributed by atoms with E-state index >= 15 is 0 Å². The van der Waals surface area contributed by atoms with E-state index in [-0.39, 0.29) is 6.09 Å². The number of pyridine rings is 1. The minimum atomic E-state index is -0.395. The van der Waals surface area contributed by atoms with Crippen LogP contribution < -0.4 is 10.1 Å². The second-order valence-corrected chi connectivity index (χ2v) is 12.7. The van der Waals surface area contributed by atoms with Gasteiger partial charge >= 0.3 is 6.09 Å². The molecule has 0 aliphatic carbocycles. The van der Waals surface area contributed by atoms with Gasteiger partial charge in [-0.1, -0.05) is 12.1 Å². The van der Waals surface area contributed by atoms with E-state index in [1.807, 2.05) is 44.0 Å². The monoisotopic (exact) mass is 565 g/mol. The zero-order valence-corrected chi connectivity index (χ0v) is 25.4. The van der Waals surface area contributed by atoms with Crippen LogP contribution in [0.4, 0.5) is 16.3 Å². The van der Waals surface area contributed by atoms with Crippen molar-refractivity contribution >= 4 is 17.6 Å². The summed E-state index contributed by atoms with van der Waals surface area (Å²) in [7, 11) is 2.18. The lowest BCUT2D eigenvalue weighted by molar-refractivity contribution is -0.0145. The highest BCUT2D eigenvalue weighted by molar-refractivity contribution is 5.70. The Hall–Kier alpha value is -2.88. The number of hydrogen-bond donors (Lipinski definition) is 1. The van der Waals surface area contributed by atoms with Gasteiger partial charge in [0.05, 0.1) is 5.69 Å². The number of benzene rings is 1. The molecule has 224 valence electrons. The molecule has 41 heavy (non-hydrogen) atoms. The maximum atomic E-state index is 11.9. The molecule has 1 aromatic carbocycles. The number of ether oxygens (including phenoxy) is 3. The van der Waals surface area contributed by atoms with E-state index in [1.54, 1.807) is 0 Å². The Kier molecular flexibility index (Phi) is 9.36. The van der Waals surface area contributed by atoms with Crippen LogP contribution >= 0.6 is 0 Å². The molecule has 0 atom stereocenters. The van der Waals surface area contributed by atoms with Gasteiger partial charge in [-0.2, -0.15) is 0 Å². The molecule has 4 aliphatic rings. The van der Waals surface area contributed by atoms with Crippen molar-refractivity contribution in [3.8, 4) is 5.75 Å². The minimum Gasteiger partial charge on any atom is -0.486 e. The minimum absolute atomic E-state index is 0.171. The first-order valence-electron chi connectivity index (χ1n) is 15.1. The van der Waals surface area contributed by atoms with Gasteiger partial charge in [0.25, 0.3) is 0 Å². The number of rotatable bonds is 2. The van der Waals surface area contributed by atoms with Gasteiger partial charge in [-0.3, -0.25) is 4.90 Å². The van der Waals surface area contributed by atoms with Crippen LogP contribution in [0.15, 0.2) is 30.5 Å². The third-order valence-electron chi connectivity index (χ3n) is 8.36. The maximum absolute atomic E-state index is 11.9. The molecule has 1 aromatic heterocycles. The van der Waals surface area contributed by atoms with Crippen molar-refractivity contribution in [1.29, 1.82) is 0 Å². The molecule has 9 nitrogen and oxygen atoms in total. The van der Waals surface area contributed by atoms with Crippen molar-refractivity contribution in [2.24, 2.45) is 0 Å². The number of amides is 1. The smallest absolute Gasteiger partial charge is 0.410 e. The summed E-state index contributed by atoms with van der Waals surface area (Å²) in [6, 6.07) is 8.82. The second kappa shape index (κ2) is 13.0. The van der Waals surface area contributed by atoms with Crippen LogP contribution in [-0.4, -0.2) is 96.9 Å². The fraction of sp³-hybridized carbons (Fsp3) is 0.625. The summed E-state index contributed by atoms with van der Waals surface area (Å²) in [5.41, 5.74) is 4.28. The van der Waals surface area contributed by atoms with Crippen molar-refractivity contribution < 1.29 is 19.0 Å². The maximum Gasteiger partial charge on any atom is 0.410 e. The topological polar surface area (TPSA) is 79.4 Å². The number of nitrogens with one attached hydrogen (secondary N) is 1. The average molecular weight is 566 g/mol. The van der Waals surface area contributed by atoms with Crippen molar-refractivity contribution in [2.75, 3.05) is 64.8 Å². The van der Waals surface area contributed by atoms with Gasteiger partial charge in [-0.05, 0) is 96.3 Å². The van der Waals surface area contributed by atoms with Gasteiger partial charge in [0.15, 0.2) is 0 Å². The fourth-order valence-corrected chi connectivity index (χ4v) is 5.97. The van der Waals surface area contributed by atoms with E-state index in [0.717, 1.165) is 81.6 Å². The third-order valence-corrected chi connectivity index (χ3v) is 8.36. The molecule has 1 amide bonds. The fourth-order valence-electron chi connectivity index (χ4n) is 5.97. The summed E-state index contributed by atoms with van der Waals surface area (Å²) in [6.45, 7) is 16.3. The average Bonchev–Trinajstić information content (AvgIpc) is 3.24. The van der Waals surface area contributed by atoms with Gasteiger partial charge in [0, 0.05) is 57.2 Å². The number of fused-ring (bicyclic) bond motifs is 2. The molecule has 9 heteroatoms. The summed E-state index contributed by atoms with van der Waals surface area (Å²) < 4.78 is 17.0. The Labute approximate surface area is 245 Å². The zero-order chi connectivity index (χ0) is 29.0. The highest BCUT2D eigenvalue weighted by Crippen LogP contribution is 2.39. The van der Waals surface area contributed by atoms with E-state index in [4.69, 9.17) is 14.2 Å². The zero-order valence-electron chi connectivity index (χ0n) is 25.4. The SMILES string of the molecule is CN1CCCN(C2CN(C(=O)OC(C)(C)C)C2)CC1.Cc1cccc2c1OCc1c(C3CCOCC3)ccnc1N2. The van der Waals surface area contributed by atoms with E-state index in [2.05, 4.69) is 46.2 Å². The number of carbonyl (C=O) groups is 1. The molecule has 0 radical (unpaired) electrons. The highest BCUT2D eigenvalue weighted by Gasteiger charge is 2.37. The summed E-state index contributed by atoms with van der Waals surface area (Å²) in [6.07, 6.45) is 5.09. The quantitative estimate of drug-likeness (QED) is 0.535. The van der Waals surface area contributed by atoms with Crippen LogP contribution in [-0.2, 0) is 16.1 Å². The van der Waals surface area contributed by atoms with Crippen molar-refractivity contribution in [2.45, 2.75) is 71.1 Å². The summed E-state index contributed by atoms with van der Waals surface area (Å²) in [4.78, 5) is 23.1. The highest BCUT2D eigenvalue weighted by atomic mass is 16.6. The van der Waals surface area contributed by atoms with Crippen LogP contribution in [0.2, 0.25) is 0 Å². The number of anilines is 2. The van der Waals surface area contributed by atoms with E-state index in [9.17, 15) is 4.79 Å². The Morgan fingerprint density at radius 1 is 1.07 bits per heavy atom. The van der Waals surface area contributed by atoms with Crippen LogP contribution in [0, 0.1) is 6.92 Å². The first-order chi connectivity index (χ1) is 19.7. The van der Waals surface area contributed by atoms with E-state index in [1.165, 1.54) is 24.1 Å². The molecule has 2 aromatic rings. The van der Waals surface area contributed by atoms with E-state index in [0.29, 0.717) is 18.6 Å². The number of hydrogen-bond acceptors (Lipinski definition) is 8. The third kappa shape index (κ3) is 7.50. The number of para-hydroxylation sites is 1. The predicted octanol–water partition coefficient (Wildman–Crippen LogP) is 5.16. The van der Waals surface area contributed by atoms with Gasteiger partial charge in [-0.25, -0.2) is 9.78 Å². The van der Waals surface area contributed by atoms with Crippen LogP contribution in [0.3, 0.4) is 0 Å². The molecule has 0 spiro atoms. The molecular weight excluding hydrogens is 518 g/mol. The number of nitrogens with zero attached hydrogens (tertiary/aromatic N) is 4. The molecule has 0 saturated carbocycles. The molecule has 6 rings (SSSR count). The van der Waals surface area contributed by atoms with Gasteiger partial charge in [0.1, 0.15) is 23.8 Å². The lowest BCUT2D eigenvalue weighted by Crippen LogP contribution is -2.62. The summed E-state index contributed by atoms with van der Waals surface area (Å²) in [5, 5.41) is 3.46. The number of aromatic nitrogens is 1. The number of carbonyl (C=O) groups excluding carboxylic acids is 1. The molecular formula is C32H47N5O4. The molecule has 5 heterocycles. The normalized spacial score (nSPS) is 20.6. The molecule has 4 aliphatic heterocycles.